The summed E-state index contributed by atoms with van der Waals surface area (Å²) in [5.41, 5.74) is -1.29. The third kappa shape index (κ3) is 2.40. The Labute approximate surface area is 115 Å². The Hall–Kier alpha value is -1.89. The van der Waals surface area contributed by atoms with Crippen LogP contribution in [0.5, 0.6) is 0 Å². The molecule has 0 aliphatic heterocycles. The Morgan fingerprint density at radius 1 is 1.50 bits per heavy atom. The van der Waals surface area contributed by atoms with Gasteiger partial charge in [0.05, 0.1) is 6.10 Å². The molecule has 7 heteroatoms. The van der Waals surface area contributed by atoms with E-state index in [9.17, 15) is 19.5 Å². The van der Waals surface area contributed by atoms with Crippen LogP contribution in [-0.2, 0) is 18.4 Å². The summed E-state index contributed by atoms with van der Waals surface area (Å²) in [6.07, 6.45) is 1.40. The summed E-state index contributed by atoms with van der Waals surface area (Å²) in [6, 6.07) is 1.14. The van der Waals surface area contributed by atoms with E-state index in [2.05, 4.69) is 5.32 Å². The molecule has 0 aromatic carbocycles. The number of nitrogens with zero attached hydrogens (tertiary/aromatic N) is 2. The van der Waals surface area contributed by atoms with Crippen molar-refractivity contribution in [2.45, 2.75) is 39.0 Å². The smallest absolute Gasteiger partial charge is 0.331 e. The molecule has 2 unspecified atom stereocenters. The lowest BCUT2D eigenvalue weighted by molar-refractivity contribution is -0.129. The van der Waals surface area contributed by atoms with Gasteiger partial charge >= 0.3 is 5.69 Å². The average Bonchev–Trinajstić information content (AvgIpc) is 2.39. The number of carbonyl (C=O) groups is 1. The summed E-state index contributed by atoms with van der Waals surface area (Å²) >= 11 is 0. The van der Waals surface area contributed by atoms with Crippen LogP contribution in [-0.4, -0.2) is 32.3 Å². The van der Waals surface area contributed by atoms with Crippen molar-refractivity contribution in [2.24, 2.45) is 12.5 Å². The predicted molar refractivity (Wildman–Crippen MR) is 72.3 cm³/mol. The lowest BCUT2D eigenvalue weighted by Crippen LogP contribution is -2.61. The average molecular weight is 281 g/mol. The number of carbonyl (C=O) groups excluding carboxylic acids is 1. The fraction of sp³-hybridized carbons (Fsp3) is 0.615. The summed E-state index contributed by atoms with van der Waals surface area (Å²) in [4.78, 5) is 35.0. The minimum Gasteiger partial charge on any atom is -0.392 e. The zero-order valence-corrected chi connectivity index (χ0v) is 11.8. The van der Waals surface area contributed by atoms with E-state index in [1.807, 2.05) is 13.8 Å². The number of amides is 1. The van der Waals surface area contributed by atoms with Gasteiger partial charge in [-0.05, 0) is 6.42 Å². The Balaban J connectivity index is 2.05. The van der Waals surface area contributed by atoms with Crippen molar-refractivity contribution < 1.29 is 9.90 Å². The van der Waals surface area contributed by atoms with Crippen molar-refractivity contribution in [3.05, 3.63) is 33.1 Å². The second-order valence-electron chi connectivity index (χ2n) is 5.82. The number of nitrogens with one attached hydrogen (secondary N) is 1. The maximum absolute atomic E-state index is 11.9. The van der Waals surface area contributed by atoms with Crippen LogP contribution < -0.4 is 16.6 Å². The molecular weight excluding hydrogens is 262 g/mol. The maximum atomic E-state index is 11.9. The Morgan fingerprint density at radius 2 is 2.15 bits per heavy atom. The summed E-state index contributed by atoms with van der Waals surface area (Å²) < 4.78 is 2.13. The van der Waals surface area contributed by atoms with E-state index >= 15 is 0 Å². The lowest BCUT2D eigenvalue weighted by Gasteiger charge is -2.49. The molecule has 0 radical (unpaired) electrons. The van der Waals surface area contributed by atoms with Crippen molar-refractivity contribution in [1.29, 1.82) is 0 Å². The van der Waals surface area contributed by atoms with Gasteiger partial charge in [-0.25, -0.2) is 4.79 Å². The van der Waals surface area contributed by atoms with Crippen LogP contribution in [0.15, 0.2) is 21.9 Å². The van der Waals surface area contributed by atoms with Gasteiger partial charge in [0, 0.05) is 30.8 Å². The number of aromatic nitrogens is 2. The molecule has 1 amide bonds. The van der Waals surface area contributed by atoms with E-state index in [4.69, 9.17) is 0 Å². The minimum atomic E-state index is -0.527. The van der Waals surface area contributed by atoms with Crippen LogP contribution in [0.2, 0.25) is 0 Å². The van der Waals surface area contributed by atoms with Crippen LogP contribution in [0.25, 0.3) is 0 Å². The highest BCUT2D eigenvalue weighted by atomic mass is 16.3. The van der Waals surface area contributed by atoms with Gasteiger partial charge in [0.25, 0.3) is 5.56 Å². The topological polar surface area (TPSA) is 93.3 Å². The molecule has 1 saturated carbocycles. The van der Waals surface area contributed by atoms with E-state index in [1.54, 1.807) is 0 Å². The molecule has 110 valence electrons. The normalized spacial score (nSPS) is 24.0. The van der Waals surface area contributed by atoms with E-state index in [1.165, 1.54) is 23.9 Å². The summed E-state index contributed by atoms with van der Waals surface area (Å²) in [7, 11) is 1.37. The predicted octanol–water partition coefficient (Wildman–Crippen LogP) is -1.18. The van der Waals surface area contributed by atoms with Gasteiger partial charge in [-0.3, -0.25) is 18.7 Å². The molecule has 20 heavy (non-hydrogen) atoms. The first-order chi connectivity index (χ1) is 9.23. The highest BCUT2D eigenvalue weighted by molar-refractivity contribution is 5.76. The summed E-state index contributed by atoms with van der Waals surface area (Å²) in [5.74, 6) is -0.310. The molecule has 0 spiro atoms. The Morgan fingerprint density at radius 3 is 2.70 bits per heavy atom. The van der Waals surface area contributed by atoms with Crippen LogP contribution in [0, 0.1) is 5.41 Å². The van der Waals surface area contributed by atoms with Crippen molar-refractivity contribution in [3.63, 3.8) is 0 Å². The first-order valence-electron chi connectivity index (χ1n) is 6.47. The van der Waals surface area contributed by atoms with Gasteiger partial charge in [-0.15, -0.1) is 0 Å². The molecule has 1 aliphatic carbocycles. The zero-order valence-electron chi connectivity index (χ0n) is 11.8. The SMILES string of the molecule is Cn1c(=O)ccn(CC(=O)NC2CC(O)C2(C)C)c1=O. The standard InChI is InChI=1S/C13H19N3O4/c1-13(2)8(6-9(13)17)14-10(18)7-16-5-4-11(19)15(3)12(16)20/h4-5,8-9,17H,6-7H2,1-3H3,(H,14,18). The van der Waals surface area contributed by atoms with Crippen LogP contribution in [0.4, 0.5) is 0 Å². The monoisotopic (exact) mass is 281 g/mol. The van der Waals surface area contributed by atoms with Crippen molar-refractivity contribution >= 4 is 5.91 Å². The number of hydrogen-bond donors (Lipinski definition) is 2. The first-order valence-corrected chi connectivity index (χ1v) is 6.47. The van der Waals surface area contributed by atoms with Crippen LogP contribution in [0.1, 0.15) is 20.3 Å². The minimum absolute atomic E-state index is 0.103. The molecule has 0 saturated heterocycles. The molecule has 1 aromatic rings. The van der Waals surface area contributed by atoms with E-state index in [-0.39, 0.29) is 23.9 Å². The van der Waals surface area contributed by atoms with E-state index in [0.29, 0.717) is 6.42 Å². The van der Waals surface area contributed by atoms with E-state index in [0.717, 1.165) is 4.57 Å². The number of aliphatic hydroxyl groups excluding tert-OH is 1. The third-order valence-corrected chi connectivity index (χ3v) is 4.13. The fourth-order valence-corrected chi connectivity index (χ4v) is 2.28. The molecular formula is C13H19N3O4. The second-order valence-corrected chi connectivity index (χ2v) is 5.82. The molecule has 2 atom stereocenters. The van der Waals surface area contributed by atoms with E-state index < -0.39 is 17.4 Å². The van der Waals surface area contributed by atoms with Gasteiger partial charge in [0.2, 0.25) is 5.91 Å². The third-order valence-electron chi connectivity index (χ3n) is 4.13. The largest absolute Gasteiger partial charge is 0.392 e. The molecule has 1 fully saturated rings. The molecule has 2 rings (SSSR count). The Bertz CT molecular complexity index is 644. The molecule has 0 bridgehead atoms. The van der Waals surface area contributed by atoms with Crippen molar-refractivity contribution in [1.82, 2.24) is 14.5 Å². The van der Waals surface area contributed by atoms with Crippen molar-refractivity contribution in [2.75, 3.05) is 0 Å². The fourth-order valence-electron chi connectivity index (χ4n) is 2.28. The molecule has 1 aromatic heterocycles. The van der Waals surface area contributed by atoms with Crippen LogP contribution >= 0.6 is 0 Å². The second kappa shape index (κ2) is 4.90. The number of rotatable bonds is 3. The number of hydrogen-bond acceptors (Lipinski definition) is 4. The quantitative estimate of drug-likeness (QED) is 0.729. The highest BCUT2D eigenvalue weighted by Crippen LogP contribution is 2.40. The van der Waals surface area contributed by atoms with Gasteiger partial charge in [0.15, 0.2) is 0 Å². The Kier molecular flexibility index (Phi) is 3.56. The highest BCUT2D eigenvalue weighted by Gasteiger charge is 2.47. The van der Waals surface area contributed by atoms with Crippen LogP contribution in [0.3, 0.4) is 0 Å². The van der Waals surface area contributed by atoms with Gasteiger partial charge in [-0.1, -0.05) is 13.8 Å². The molecule has 7 nitrogen and oxygen atoms in total. The van der Waals surface area contributed by atoms with Gasteiger partial charge in [-0.2, -0.15) is 0 Å². The molecule has 1 heterocycles. The van der Waals surface area contributed by atoms with Gasteiger partial charge < -0.3 is 10.4 Å². The number of aliphatic hydroxyl groups is 1. The molecule has 2 N–H and O–H groups in total. The zero-order chi connectivity index (χ0) is 15.1. The van der Waals surface area contributed by atoms with Gasteiger partial charge in [0.1, 0.15) is 6.54 Å². The summed E-state index contributed by atoms with van der Waals surface area (Å²) in [6.45, 7) is 3.62. The lowest BCUT2D eigenvalue weighted by atomic mass is 9.64. The first kappa shape index (κ1) is 14.5. The summed E-state index contributed by atoms with van der Waals surface area (Å²) in [5, 5.41) is 12.4. The maximum Gasteiger partial charge on any atom is 0.331 e. The molecule has 1 aliphatic rings. The van der Waals surface area contributed by atoms with Crippen molar-refractivity contribution in [3.8, 4) is 0 Å².